The number of carboxylic acids is 1. The predicted molar refractivity (Wildman–Crippen MR) is 97.8 cm³/mol. The molecular formula is C15H22Cl2N2O5S. The second-order valence-electron chi connectivity index (χ2n) is 5.80. The lowest BCUT2D eigenvalue weighted by Crippen LogP contribution is -2.49. The summed E-state index contributed by atoms with van der Waals surface area (Å²) in [5.74, 6) is -1.19. The lowest BCUT2D eigenvalue weighted by Gasteiger charge is -2.34. The molecule has 10 heteroatoms. The van der Waals surface area contributed by atoms with Gasteiger partial charge in [0.05, 0.1) is 19.0 Å². The van der Waals surface area contributed by atoms with E-state index in [1.54, 1.807) is 0 Å². The SMILES string of the molecule is CS(=O)(=O)N(CC(=O)O)CC1CN(Cc2ccc(Cl)cc2)CCO1.Cl. The molecule has 1 saturated heterocycles. The first-order chi connectivity index (χ1) is 11.2. The van der Waals surface area contributed by atoms with Gasteiger partial charge in [-0.25, -0.2) is 8.42 Å². The molecular weight excluding hydrogens is 391 g/mol. The summed E-state index contributed by atoms with van der Waals surface area (Å²) >= 11 is 5.88. The van der Waals surface area contributed by atoms with E-state index >= 15 is 0 Å². The quantitative estimate of drug-likeness (QED) is 0.726. The molecule has 7 nitrogen and oxygen atoms in total. The van der Waals surface area contributed by atoms with Gasteiger partial charge >= 0.3 is 5.97 Å². The first-order valence-corrected chi connectivity index (χ1v) is 9.72. The van der Waals surface area contributed by atoms with Gasteiger partial charge in [0.25, 0.3) is 0 Å². The molecule has 1 aliphatic rings. The van der Waals surface area contributed by atoms with Crippen molar-refractivity contribution in [3.8, 4) is 0 Å². The minimum atomic E-state index is -3.60. The van der Waals surface area contributed by atoms with E-state index in [-0.39, 0.29) is 25.1 Å². The highest BCUT2D eigenvalue weighted by Gasteiger charge is 2.28. The number of sulfonamides is 1. The Hall–Kier alpha value is -0.900. The van der Waals surface area contributed by atoms with Crippen molar-refractivity contribution in [2.75, 3.05) is 39.0 Å². The summed E-state index contributed by atoms with van der Waals surface area (Å²) in [4.78, 5) is 13.0. The number of hydrogen-bond acceptors (Lipinski definition) is 5. The van der Waals surface area contributed by atoms with Gasteiger partial charge < -0.3 is 9.84 Å². The summed E-state index contributed by atoms with van der Waals surface area (Å²) in [6.45, 7) is 1.92. The van der Waals surface area contributed by atoms with E-state index in [0.717, 1.165) is 22.7 Å². The van der Waals surface area contributed by atoms with Gasteiger partial charge in [-0.3, -0.25) is 9.69 Å². The van der Waals surface area contributed by atoms with Crippen LogP contribution in [-0.2, 0) is 26.1 Å². The van der Waals surface area contributed by atoms with E-state index in [2.05, 4.69) is 4.90 Å². The van der Waals surface area contributed by atoms with Gasteiger partial charge in [0, 0.05) is 31.2 Å². The smallest absolute Gasteiger partial charge is 0.318 e. The summed E-state index contributed by atoms with van der Waals surface area (Å²) in [7, 11) is -3.60. The highest BCUT2D eigenvalue weighted by Crippen LogP contribution is 2.15. The minimum Gasteiger partial charge on any atom is -0.480 e. The molecule has 1 unspecified atom stereocenters. The van der Waals surface area contributed by atoms with E-state index in [0.29, 0.717) is 24.7 Å². The summed E-state index contributed by atoms with van der Waals surface area (Å²) in [6, 6.07) is 7.54. The Labute approximate surface area is 159 Å². The van der Waals surface area contributed by atoms with Crippen LogP contribution in [0.2, 0.25) is 5.02 Å². The standard InChI is InChI=1S/C15H21ClN2O5S.ClH/c1-24(21,22)18(11-15(19)20)10-14-9-17(6-7-23-14)8-12-2-4-13(16)5-3-12;/h2-5,14H,6-11H2,1H3,(H,19,20);1H. The Morgan fingerprint density at radius 1 is 1.40 bits per heavy atom. The first-order valence-electron chi connectivity index (χ1n) is 7.49. The fourth-order valence-corrected chi connectivity index (χ4v) is 3.49. The van der Waals surface area contributed by atoms with Gasteiger partial charge in [-0.05, 0) is 17.7 Å². The summed E-state index contributed by atoms with van der Waals surface area (Å²) in [5, 5.41) is 9.55. The summed E-state index contributed by atoms with van der Waals surface area (Å²) < 4.78 is 30.0. The van der Waals surface area contributed by atoms with Crippen LogP contribution in [0.1, 0.15) is 5.56 Å². The van der Waals surface area contributed by atoms with Gasteiger partial charge in [-0.1, -0.05) is 23.7 Å². The van der Waals surface area contributed by atoms with Crippen LogP contribution in [0.3, 0.4) is 0 Å². The summed E-state index contributed by atoms with van der Waals surface area (Å²) in [6.07, 6.45) is 0.643. The van der Waals surface area contributed by atoms with Crippen LogP contribution in [0.5, 0.6) is 0 Å². The Morgan fingerprint density at radius 2 is 2.04 bits per heavy atom. The van der Waals surface area contributed by atoms with Crippen molar-refractivity contribution >= 4 is 40.0 Å². The number of hydrogen-bond donors (Lipinski definition) is 1. The second-order valence-corrected chi connectivity index (χ2v) is 8.22. The number of morpholine rings is 1. The van der Waals surface area contributed by atoms with E-state index in [1.807, 2.05) is 24.3 Å². The number of nitrogens with zero attached hydrogens (tertiary/aromatic N) is 2. The lowest BCUT2D eigenvalue weighted by atomic mass is 10.2. The molecule has 0 bridgehead atoms. The van der Waals surface area contributed by atoms with Crippen LogP contribution < -0.4 is 0 Å². The van der Waals surface area contributed by atoms with Crippen LogP contribution in [0.15, 0.2) is 24.3 Å². The number of aliphatic carboxylic acids is 1. The molecule has 142 valence electrons. The van der Waals surface area contributed by atoms with Crippen molar-refractivity contribution in [1.29, 1.82) is 0 Å². The normalized spacial score (nSPS) is 18.8. The Kier molecular flexibility index (Phi) is 8.59. The molecule has 0 saturated carbocycles. The van der Waals surface area contributed by atoms with Crippen LogP contribution in [0.25, 0.3) is 0 Å². The van der Waals surface area contributed by atoms with Crippen LogP contribution in [0, 0.1) is 0 Å². The molecule has 0 spiro atoms. The number of rotatable bonds is 7. The molecule has 2 rings (SSSR count). The van der Waals surface area contributed by atoms with E-state index < -0.39 is 22.5 Å². The Balaban J connectivity index is 0.00000312. The molecule has 1 N–H and O–H groups in total. The second kappa shape index (κ2) is 9.70. The van der Waals surface area contributed by atoms with Crippen molar-refractivity contribution in [1.82, 2.24) is 9.21 Å². The number of halogens is 2. The van der Waals surface area contributed by atoms with Gasteiger partial charge in [-0.15, -0.1) is 12.4 Å². The fourth-order valence-electron chi connectivity index (χ4n) is 2.58. The maximum Gasteiger partial charge on any atom is 0.318 e. The number of carboxylic acid groups (broad SMARTS) is 1. The maximum absolute atomic E-state index is 11.7. The minimum absolute atomic E-state index is 0. The van der Waals surface area contributed by atoms with E-state index in [9.17, 15) is 13.2 Å². The third-order valence-corrected chi connectivity index (χ3v) is 5.20. The molecule has 1 aromatic carbocycles. The van der Waals surface area contributed by atoms with Crippen molar-refractivity contribution in [3.05, 3.63) is 34.9 Å². The molecule has 1 fully saturated rings. The van der Waals surface area contributed by atoms with Crippen molar-refractivity contribution in [3.63, 3.8) is 0 Å². The average Bonchev–Trinajstić information content (AvgIpc) is 2.48. The van der Waals surface area contributed by atoms with Crippen molar-refractivity contribution in [2.45, 2.75) is 12.6 Å². The molecule has 0 aliphatic carbocycles. The zero-order valence-electron chi connectivity index (χ0n) is 13.8. The first kappa shape index (κ1) is 22.1. The summed E-state index contributed by atoms with van der Waals surface area (Å²) in [5.41, 5.74) is 1.10. The van der Waals surface area contributed by atoms with Gasteiger partial charge in [0.1, 0.15) is 6.54 Å². The highest BCUT2D eigenvalue weighted by atomic mass is 35.5. The Morgan fingerprint density at radius 3 is 2.60 bits per heavy atom. The van der Waals surface area contributed by atoms with Crippen LogP contribution >= 0.6 is 24.0 Å². The van der Waals surface area contributed by atoms with E-state index in [4.69, 9.17) is 21.4 Å². The zero-order chi connectivity index (χ0) is 17.7. The molecule has 0 radical (unpaired) electrons. The fraction of sp³-hybridized carbons (Fsp3) is 0.533. The van der Waals surface area contributed by atoms with Crippen molar-refractivity contribution < 1.29 is 23.1 Å². The van der Waals surface area contributed by atoms with Crippen LogP contribution in [-0.4, -0.2) is 73.8 Å². The predicted octanol–water partition coefficient (Wildman–Crippen LogP) is 1.31. The highest BCUT2D eigenvalue weighted by molar-refractivity contribution is 7.88. The molecule has 1 aliphatic heterocycles. The monoisotopic (exact) mass is 412 g/mol. The zero-order valence-corrected chi connectivity index (χ0v) is 16.2. The van der Waals surface area contributed by atoms with Crippen molar-refractivity contribution in [2.24, 2.45) is 0 Å². The van der Waals surface area contributed by atoms with Gasteiger partial charge in [0.2, 0.25) is 10.0 Å². The number of benzene rings is 1. The van der Waals surface area contributed by atoms with E-state index in [1.165, 1.54) is 0 Å². The third kappa shape index (κ3) is 7.47. The third-order valence-electron chi connectivity index (χ3n) is 3.73. The van der Waals surface area contributed by atoms with Crippen LogP contribution in [0.4, 0.5) is 0 Å². The maximum atomic E-state index is 11.7. The number of carbonyl (C=O) groups is 1. The van der Waals surface area contributed by atoms with Gasteiger partial charge in [0.15, 0.2) is 0 Å². The largest absolute Gasteiger partial charge is 0.480 e. The molecule has 1 atom stereocenters. The topological polar surface area (TPSA) is 87.2 Å². The molecule has 25 heavy (non-hydrogen) atoms. The molecule has 0 aromatic heterocycles. The lowest BCUT2D eigenvalue weighted by molar-refractivity contribution is -0.137. The average molecular weight is 413 g/mol. The number of ether oxygens (including phenoxy) is 1. The molecule has 0 amide bonds. The molecule has 1 heterocycles. The Bertz CT molecular complexity index is 669. The van der Waals surface area contributed by atoms with Gasteiger partial charge in [-0.2, -0.15) is 4.31 Å². The molecule has 1 aromatic rings.